The molecule has 0 saturated carbocycles. The summed E-state index contributed by atoms with van der Waals surface area (Å²) in [7, 11) is 0. The molecular weight excluding hydrogens is 261 g/mol. The first kappa shape index (κ1) is 14.2. The molecule has 1 aromatic carbocycles. The van der Waals surface area contributed by atoms with E-state index >= 15 is 0 Å². The minimum Gasteiger partial charge on any atom is -0.485 e. The van der Waals surface area contributed by atoms with E-state index in [1.54, 1.807) is 4.68 Å². The van der Waals surface area contributed by atoms with Gasteiger partial charge in [0.25, 0.3) is 0 Å². The largest absolute Gasteiger partial charge is 0.485 e. The predicted molar refractivity (Wildman–Crippen MR) is 71.0 cm³/mol. The summed E-state index contributed by atoms with van der Waals surface area (Å²) in [6.45, 7) is 5.07. The molecule has 0 aliphatic heterocycles. The zero-order valence-corrected chi connectivity index (χ0v) is 11.4. The molecule has 0 fully saturated rings. The van der Waals surface area contributed by atoms with Gasteiger partial charge in [-0.15, -0.1) is 0 Å². The van der Waals surface area contributed by atoms with Gasteiger partial charge in [0.1, 0.15) is 30.8 Å². The van der Waals surface area contributed by atoms with Gasteiger partial charge in [-0.2, -0.15) is 5.10 Å². The smallest absolute Gasteiger partial charge is 0.164 e. The SMILES string of the molecule is CC(C)Cn1ncnc1COc1cc(F)cc(C=O)c1. The van der Waals surface area contributed by atoms with Crippen molar-refractivity contribution in [2.45, 2.75) is 27.0 Å². The first-order valence-electron chi connectivity index (χ1n) is 6.33. The molecule has 1 heterocycles. The van der Waals surface area contributed by atoms with Crippen LogP contribution in [0.4, 0.5) is 4.39 Å². The van der Waals surface area contributed by atoms with Crippen molar-refractivity contribution in [2.24, 2.45) is 5.92 Å². The van der Waals surface area contributed by atoms with Crippen molar-refractivity contribution in [3.63, 3.8) is 0 Å². The zero-order chi connectivity index (χ0) is 14.5. The topological polar surface area (TPSA) is 57.0 Å². The monoisotopic (exact) mass is 277 g/mol. The van der Waals surface area contributed by atoms with Gasteiger partial charge in [0.05, 0.1) is 0 Å². The Morgan fingerprint density at radius 1 is 1.40 bits per heavy atom. The van der Waals surface area contributed by atoms with Crippen LogP contribution in [-0.2, 0) is 13.2 Å². The van der Waals surface area contributed by atoms with Gasteiger partial charge in [-0.1, -0.05) is 13.8 Å². The quantitative estimate of drug-likeness (QED) is 0.761. The molecule has 106 valence electrons. The number of rotatable bonds is 6. The highest BCUT2D eigenvalue weighted by Crippen LogP contribution is 2.16. The zero-order valence-electron chi connectivity index (χ0n) is 11.4. The Balaban J connectivity index is 2.07. The van der Waals surface area contributed by atoms with E-state index in [4.69, 9.17) is 4.74 Å². The second-order valence-electron chi connectivity index (χ2n) is 4.88. The third kappa shape index (κ3) is 3.63. The van der Waals surface area contributed by atoms with Gasteiger partial charge < -0.3 is 4.74 Å². The lowest BCUT2D eigenvalue weighted by molar-refractivity contribution is 0.112. The molecule has 1 aromatic heterocycles. The van der Waals surface area contributed by atoms with Crippen LogP contribution < -0.4 is 4.74 Å². The number of hydrogen-bond acceptors (Lipinski definition) is 4. The minimum absolute atomic E-state index is 0.175. The maximum atomic E-state index is 13.3. The highest BCUT2D eigenvalue weighted by molar-refractivity contribution is 5.75. The lowest BCUT2D eigenvalue weighted by Gasteiger charge is -2.10. The molecule has 6 heteroatoms. The van der Waals surface area contributed by atoms with Crippen molar-refractivity contribution in [1.82, 2.24) is 14.8 Å². The summed E-state index contributed by atoms with van der Waals surface area (Å²) in [5.41, 5.74) is 0.239. The van der Waals surface area contributed by atoms with Crippen molar-refractivity contribution < 1.29 is 13.9 Å². The summed E-state index contributed by atoms with van der Waals surface area (Å²) in [6, 6.07) is 3.87. The molecule has 2 rings (SSSR count). The van der Waals surface area contributed by atoms with Gasteiger partial charge >= 0.3 is 0 Å². The van der Waals surface area contributed by atoms with Gasteiger partial charge in [0.15, 0.2) is 5.82 Å². The van der Waals surface area contributed by atoms with E-state index in [2.05, 4.69) is 23.9 Å². The normalized spacial score (nSPS) is 10.8. The molecule has 0 aliphatic rings. The molecule has 0 unspecified atom stereocenters. The van der Waals surface area contributed by atoms with E-state index in [1.807, 2.05) is 0 Å². The number of halogens is 1. The average Bonchev–Trinajstić information content (AvgIpc) is 2.82. The number of nitrogens with zero attached hydrogens (tertiary/aromatic N) is 3. The molecule has 0 radical (unpaired) electrons. The molecule has 5 nitrogen and oxygen atoms in total. The molecule has 2 aromatic rings. The van der Waals surface area contributed by atoms with E-state index < -0.39 is 5.82 Å². The Kier molecular flexibility index (Phi) is 4.45. The number of carbonyl (C=O) groups excluding carboxylic acids is 1. The summed E-state index contributed by atoms with van der Waals surface area (Å²) >= 11 is 0. The maximum absolute atomic E-state index is 13.3. The van der Waals surface area contributed by atoms with Crippen molar-refractivity contribution in [1.29, 1.82) is 0 Å². The summed E-state index contributed by atoms with van der Waals surface area (Å²) in [5.74, 6) is 0.890. The van der Waals surface area contributed by atoms with E-state index in [-0.39, 0.29) is 12.2 Å². The van der Waals surface area contributed by atoms with E-state index in [0.29, 0.717) is 23.8 Å². The van der Waals surface area contributed by atoms with Crippen molar-refractivity contribution in [3.05, 3.63) is 41.7 Å². The number of ether oxygens (including phenoxy) is 1. The Morgan fingerprint density at radius 3 is 2.90 bits per heavy atom. The van der Waals surface area contributed by atoms with Crippen LogP contribution in [0.5, 0.6) is 5.75 Å². The van der Waals surface area contributed by atoms with Crippen LogP contribution in [-0.4, -0.2) is 21.1 Å². The molecule has 0 N–H and O–H groups in total. The summed E-state index contributed by atoms with van der Waals surface area (Å²) < 4.78 is 20.5. The van der Waals surface area contributed by atoms with E-state index in [9.17, 15) is 9.18 Å². The molecule has 0 saturated heterocycles. The molecule has 0 atom stereocenters. The van der Waals surface area contributed by atoms with Gasteiger partial charge in [0.2, 0.25) is 0 Å². The fourth-order valence-electron chi connectivity index (χ4n) is 1.78. The average molecular weight is 277 g/mol. The van der Waals surface area contributed by atoms with Crippen molar-refractivity contribution in [3.8, 4) is 5.75 Å². The number of carbonyl (C=O) groups is 1. The standard InChI is InChI=1S/C14H16FN3O2/c1-10(2)6-18-14(16-9-17-18)8-20-13-4-11(7-19)3-12(15)5-13/h3-5,7,9-10H,6,8H2,1-2H3. The van der Waals surface area contributed by atoms with Crippen LogP contribution in [0.1, 0.15) is 30.0 Å². The van der Waals surface area contributed by atoms with Crippen LogP contribution in [0.15, 0.2) is 24.5 Å². The molecular formula is C14H16FN3O2. The number of hydrogen-bond donors (Lipinski definition) is 0. The lowest BCUT2D eigenvalue weighted by atomic mass is 10.2. The van der Waals surface area contributed by atoms with Gasteiger partial charge in [-0.25, -0.2) is 14.1 Å². The highest BCUT2D eigenvalue weighted by Gasteiger charge is 2.08. The number of benzene rings is 1. The fourth-order valence-corrected chi connectivity index (χ4v) is 1.78. The van der Waals surface area contributed by atoms with Crippen LogP contribution in [0.2, 0.25) is 0 Å². The van der Waals surface area contributed by atoms with Gasteiger partial charge in [0, 0.05) is 18.2 Å². The van der Waals surface area contributed by atoms with Crippen LogP contribution in [0.25, 0.3) is 0 Å². The lowest BCUT2D eigenvalue weighted by Crippen LogP contribution is -2.12. The minimum atomic E-state index is -0.506. The molecule has 0 bridgehead atoms. The summed E-state index contributed by atoms with van der Waals surface area (Å²) in [6.07, 6.45) is 2.04. The molecule has 20 heavy (non-hydrogen) atoms. The summed E-state index contributed by atoms with van der Waals surface area (Å²) in [4.78, 5) is 14.8. The van der Waals surface area contributed by atoms with Crippen LogP contribution in [0.3, 0.4) is 0 Å². The first-order chi connectivity index (χ1) is 9.58. The fraction of sp³-hybridized carbons (Fsp3) is 0.357. The van der Waals surface area contributed by atoms with E-state index in [0.717, 1.165) is 12.6 Å². The Hall–Kier alpha value is -2.24. The highest BCUT2D eigenvalue weighted by atomic mass is 19.1. The van der Waals surface area contributed by atoms with Crippen molar-refractivity contribution >= 4 is 6.29 Å². The Morgan fingerprint density at radius 2 is 2.20 bits per heavy atom. The second kappa shape index (κ2) is 6.27. The Labute approximate surface area is 116 Å². The third-order valence-corrected chi connectivity index (χ3v) is 2.63. The second-order valence-corrected chi connectivity index (χ2v) is 4.88. The van der Waals surface area contributed by atoms with Gasteiger partial charge in [-0.3, -0.25) is 4.79 Å². The van der Waals surface area contributed by atoms with Crippen LogP contribution >= 0.6 is 0 Å². The molecule has 0 amide bonds. The molecule has 0 aliphatic carbocycles. The molecule has 0 spiro atoms. The van der Waals surface area contributed by atoms with E-state index in [1.165, 1.54) is 18.5 Å². The third-order valence-electron chi connectivity index (χ3n) is 2.63. The number of aromatic nitrogens is 3. The van der Waals surface area contributed by atoms with Crippen LogP contribution in [0, 0.1) is 11.7 Å². The number of aldehydes is 1. The first-order valence-corrected chi connectivity index (χ1v) is 6.33. The summed E-state index contributed by atoms with van der Waals surface area (Å²) in [5, 5.41) is 4.12. The predicted octanol–water partition coefficient (Wildman–Crippen LogP) is 2.46. The Bertz CT molecular complexity index is 596. The maximum Gasteiger partial charge on any atom is 0.164 e. The van der Waals surface area contributed by atoms with Crippen molar-refractivity contribution in [2.75, 3.05) is 0 Å². The van der Waals surface area contributed by atoms with Gasteiger partial charge in [-0.05, 0) is 18.1 Å².